The van der Waals surface area contributed by atoms with Gasteiger partial charge in [-0.25, -0.2) is 0 Å². The largest absolute Gasteiger partial charge is 0.304 e. The first kappa shape index (κ1) is 15.2. The molecule has 0 amide bonds. The van der Waals surface area contributed by atoms with Crippen molar-refractivity contribution in [2.75, 3.05) is 0 Å². The molecular formula is C17H29N. The van der Waals surface area contributed by atoms with Gasteiger partial charge in [0.15, 0.2) is 0 Å². The molecule has 0 heterocycles. The van der Waals surface area contributed by atoms with Crippen LogP contribution in [0.2, 0.25) is 0 Å². The second-order valence-corrected chi connectivity index (χ2v) is 6.70. The number of unbranched alkanes of at least 4 members (excludes halogenated alkanes) is 1. The van der Waals surface area contributed by atoms with E-state index in [2.05, 4.69) is 52.8 Å². The number of allylic oxidation sites excluding steroid dienone is 4. The molecule has 1 unspecified atom stereocenters. The van der Waals surface area contributed by atoms with Crippen LogP contribution in [-0.2, 0) is 0 Å². The summed E-state index contributed by atoms with van der Waals surface area (Å²) >= 11 is 0. The Morgan fingerprint density at radius 1 is 1.44 bits per heavy atom. The maximum Gasteiger partial charge on any atom is 0.0399 e. The lowest BCUT2D eigenvalue weighted by molar-refractivity contribution is 0.401. The summed E-state index contributed by atoms with van der Waals surface area (Å²) < 4.78 is 0. The second kappa shape index (κ2) is 6.36. The molecule has 102 valence electrons. The van der Waals surface area contributed by atoms with Crippen molar-refractivity contribution < 1.29 is 0 Å². The van der Waals surface area contributed by atoms with Crippen molar-refractivity contribution in [1.29, 1.82) is 5.41 Å². The highest BCUT2D eigenvalue weighted by Crippen LogP contribution is 2.36. The van der Waals surface area contributed by atoms with E-state index in [-0.39, 0.29) is 5.41 Å². The van der Waals surface area contributed by atoms with Crippen LogP contribution < -0.4 is 0 Å². The molecule has 1 nitrogen and oxygen atoms in total. The van der Waals surface area contributed by atoms with Gasteiger partial charge in [-0.1, -0.05) is 52.8 Å². The summed E-state index contributed by atoms with van der Waals surface area (Å²) in [6.07, 6.45) is 11.4. The zero-order valence-corrected chi connectivity index (χ0v) is 12.7. The van der Waals surface area contributed by atoms with E-state index in [1.54, 1.807) is 0 Å². The lowest BCUT2D eigenvalue weighted by Crippen LogP contribution is -2.31. The Bertz CT molecular complexity index is 345. The number of hydrogen-bond acceptors (Lipinski definition) is 1. The molecule has 0 bridgehead atoms. The van der Waals surface area contributed by atoms with Crippen LogP contribution in [0, 0.1) is 22.7 Å². The molecule has 1 atom stereocenters. The average molecular weight is 247 g/mol. The minimum atomic E-state index is 0.0667. The van der Waals surface area contributed by atoms with Gasteiger partial charge in [0.05, 0.1) is 0 Å². The maximum atomic E-state index is 8.30. The van der Waals surface area contributed by atoms with Crippen molar-refractivity contribution in [3.63, 3.8) is 0 Å². The van der Waals surface area contributed by atoms with Gasteiger partial charge in [0.1, 0.15) is 0 Å². The van der Waals surface area contributed by atoms with E-state index in [9.17, 15) is 0 Å². The number of hydrogen-bond donors (Lipinski definition) is 1. The van der Waals surface area contributed by atoms with Crippen molar-refractivity contribution in [2.45, 2.75) is 60.3 Å². The summed E-state index contributed by atoms with van der Waals surface area (Å²) in [6.45, 7) is 11.1. The molecule has 1 aliphatic rings. The van der Waals surface area contributed by atoms with Gasteiger partial charge in [-0.05, 0) is 43.1 Å². The molecule has 0 saturated carbocycles. The minimum Gasteiger partial charge on any atom is -0.304 e. The molecule has 0 aromatic rings. The van der Waals surface area contributed by atoms with Crippen molar-refractivity contribution in [1.82, 2.24) is 0 Å². The molecular weight excluding hydrogens is 218 g/mol. The summed E-state index contributed by atoms with van der Waals surface area (Å²) in [5, 5.41) is 8.30. The van der Waals surface area contributed by atoms with Crippen molar-refractivity contribution in [3.05, 3.63) is 23.8 Å². The Morgan fingerprint density at radius 3 is 2.72 bits per heavy atom. The number of rotatable bonds is 5. The van der Waals surface area contributed by atoms with Crippen LogP contribution in [0.5, 0.6) is 0 Å². The van der Waals surface area contributed by atoms with Gasteiger partial charge in [-0.15, -0.1) is 0 Å². The molecule has 0 radical (unpaired) electrons. The molecule has 1 N–H and O–H groups in total. The molecule has 1 rings (SSSR count). The fourth-order valence-corrected chi connectivity index (χ4v) is 2.81. The molecule has 18 heavy (non-hydrogen) atoms. The third-order valence-corrected chi connectivity index (χ3v) is 3.65. The smallest absolute Gasteiger partial charge is 0.0399 e. The van der Waals surface area contributed by atoms with E-state index in [4.69, 9.17) is 5.41 Å². The zero-order valence-electron chi connectivity index (χ0n) is 12.7. The Kier molecular flexibility index (Phi) is 5.37. The lowest BCUT2D eigenvalue weighted by atomic mass is 9.71. The fraction of sp³-hybridized carbons (Fsp3) is 0.706. The predicted molar refractivity (Wildman–Crippen MR) is 81.2 cm³/mol. The van der Waals surface area contributed by atoms with Crippen LogP contribution in [0.3, 0.4) is 0 Å². The topological polar surface area (TPSA) is 23.9 Å². The van der Waals surface area contributed by atoms with E-state index >= 15 is 0 Å². The van der Waals surface area contributed by atoms with E-state index in [1.807, 2.05) is 0 Å². The Hall–Kier alpha value is -0.850. The van der Waals surface area contributed by atoms with Gasteiger partial charge in [0.25, 0.3) is 0 Å². The highest BCUT2D eigenvalue weighted by molar-refractivity contribution is 6.02. The molecule has 0 aliphatic heterocycles. The average Bonchev–Trinajstić information content (AvgIpc) is 2.23. The van der Waals surface area contributed by atoms with Gasteiger partial charge in [-0.2, -0.15) is 0 Å². The molecule has 0 fully saturated rings. The van der Waals surface area contributed by atoms with Crippen molar-refractivity contribution in [3.8, 4) is 0 Å². The van der Waals surface area contributed by atoms with Crippen molar-refractivity contribution in [2.24, 2.45) is 17.3 Å². The summed E-state index contributed by atoms with van der Waals surface area (Å²) in [5.41, 5.74) is 2.22. The SMILES string of the molecule is CC(C)C=CCCCC1=CC(C)CC(C)(C)C1=N. The first-order valence-corrected chi connectivity index (χ1v) is 7.29. The summed E-state index contributed by atoms with van der Waals surface area (Å²) in [6, 6.07) is 0. The summed E-state index contributed by atoms with van der Waals surface area (Å²) in [4.78, 5) is 0. The van der Waals surface area contributed by atoms with E-state index in [1.165, 1.54) is 12.0 Å². The zero-order chi connectivity index (χ0) is 13.8. The van der Waals surface area contributed by atoms with E-state index < -0.39 is 0 Å². The second-order valence-electron chi connectivity index (χ2n) is 6.70. The predicted octanol–water partition coefficient (Wildman–Crippen LogP) is 5.38. The highest BCUT2D eigenvalue weighted by atomic mass is 14.5. The maximum absolute atomic E-state index is 8.30. The Labute approximate surface area is 113 Å². The summed E-state index contributed by atoms with van der Waals surface area (Å²) in [5.74, 6) is 1.27. The first-order chi connectivity index (χ1) is 8.33. The van der Waals surface area contributed by atoms with Crippen LogP contribution in [0.4, 0.5) is 0 Å². The van der Waals surface area contributed by atoms with Crippen LogP contribution >= 0.6 is 0 Å². The third-order valence-electron chi connectivity index (χ3n) is 3.65. The Balaban J connectivity index is 2.49. The van der Waals surface area contributed by atoms with Gasteiger partial charge in [0, 0.05) is 11.1 Å². The van der Waals surface area contributed by atoms with E-state index in [0.29, 0.717) is 11.8 Å². The normalized spacial score (nSPS) is 23.8. The molecule has 0 aromatic carbocycles. The quantitative estimate of drug-likeness (QED) is 0.498. The standard InChI is InChI=1S/C17H29N/c1-13(2)9-7-6-8-10-15-11-14(3)12-17(4,5)16(15)18/h7,9,11,13-14,18H,6,8,10,12H2,1-5H3. The van der Waals surface area contributed by atoms with Gasteiger partial charge >= 0.3 is 0 Å². The van der Waals surface area contributed by atoms with Crippen LogP contribution in [0.15, 0.2) is 23.8 Å². The molecule has 1 aliphatic carbocycles. The van der Waals surface area contributed by atoms with Gasteiger partial charge < -0.3 is 5.41 Å². The molecule has 1 heteroatoms. The van der Waals surface area contributed by atoms with Gasteiger partial charge in [-0.3, -0.25) is 0 Å². The third kappa shape index (κ3) is 4.44. The van der Waals surface area contributed by atoms with Crippen LogP contribution in [0.25, 0.3) is 0 Å². The van der Waals surface area contributed by atoms with Crippen LogP contribution in [0.1, 0.15) is 60.3 Å². The molecule has 0 aromatic heterocycles. The summed E-state index contributed by atoms with van der Waals surface area (Å²) in [7, 11) is 0. The molecule has 0 saturated heterocycles. The van der Waals surface area contributed by atoms with Gasteiger partial charge in [0.2, 0.25) is 0 Å². The monoisotopic (exact) mass is 247 g/mol. The van der Waals surface area contributed by atoms with Crippen LogP contribution in [-0.4, -0.2) is 5.71 Å². The Morgan fingerprint density at radius 2 is 2.11 bits per heavy atom. The molecule has 0 spiro atoms. The minimum absolute atomic E-state index is 0.0667. The number of nitrogens with one attached hydrogen (secondary N) is 1. The highest BCUT2D eigenvalue weighted by Gasteiger charge is 2.31. The lowest BCUT2D eigenvalue weighted by Gasteiger charge is -2.34. The fourth-order valence-electron chi connectivity index (χ4n) is 2.81. The first-order valence-electron chi connectivity index (χ1n) is 7.29. The van der Waals surface area contributed by atoms with E-state index in [0.717, 1.165) is 25.0 Å². The van der Waals surface area contributed by atoms with Crippen molar-refractivity contribution >= 4 is 5.71 Å².